The number of piperazine rings is 1. The molecule has 0 aliphatic carbocycles. The molecule has 46 heavy (non-hydrogen) atoms. The van der Waals surface area contributed by atoms with Crippen LogP contribution >= 0.6 is 11.6 Å². The maximum absolute atomic E-state index is 13.9. The first-order chi connectivity index (χ1) is 22.3. The van der Waals surface area contributed by atoms with Crippen LogP contribution in [0, 0.1) is 11.3 Å². The van der Waals surface area contributed by atoms with Crippen LogP contribution in [0.1, 0.15) is 38.2 Å². The Hall–Kier alpha value is -4.33. The molecule has 2 aromatic carbocycles. The minimum Gasteiger partial charge on any atom is -0.462 e. The zero-order valence-corrected chi connectivity index (χ0v) is 26.9. The predicted molar refractivity (Wildman–Crippen MR) is 179 cm³/mol. The number of aromatic nitrogens is 3. The first-order valence-electron chi connectivity index (χ1n) is 15.8. The van der Waals surface area contributed by atoms with E-state index in [-0.39, 0.29) is 31.6 Å². The van der Waals surface area contributed by atoms with Crippen molar-refractivity contribution >= 4 is 45.1 Å². The number of pyridine rings is 1. The second kappa shape index (κ2) is 13.6. The second-order valence-electron chi connectivity index (χ2n) is 12.0. The highest BCUT2D eigenvalue weighted by Crippen LogP contribution is 2.39. The number of benzene rings is 2. The molecule has 0 spiro atoms. The van der Waals surface area contributed by atoms with E-state index in [1.165, 1.54) is 4.90 Å². The van der Waals surface area contributed by atoms with E-state index in [0.717, 1.165) is 59.7 Å². The number of carbonyl (C=O) groups is 1. The highest BCUT2D eigenvalue weighted by Gasteiger charge is 2.34. The molecule has 6 rings (SSSR count). The van der Waals surface area contributed by atoms with E-state index in [1.54, 1.807) is 0 Å². The van der Waals surface area contributed by atoms with Crippen LogP contribution in [0.25, 0.3) is 32.9 Å². The third-order valence-corrected chi connectivity index (χ3v) is 9.42. The van der Waals surface area contributed by atoms with Gasteiger partial charge < -0.3 is 19.4 Å². The first kappa shape index (κ1) is 31.6. The molecule has 4 aromatic rings. The van der Waals surface area contributed by atoms with Crippen molar-refractivity contribution in [3.8, 4) is 23.2 Å². The van der Waals surface area contributed by atoms with Gasteiger partial charge in [0.15, 0.2) is 11.6 Å². The van der Waals surface area contributed by atoms with Crippen LogP contribution in [0.15, 0.2) is 55.0 Å². The summed E-state index contributed by atoms with van der Waals surface area (Å²) >= 11 is 6.76. The lowest BCUT2D eigenvalue weighted by atomic mass is 9.93. The predicted octanol–water partition coefficient (Wildman–Crippen LogP) is 6.34. The molecule has 2 aliphatic heterocycles. The van der Waals surface area contributed by atoms with Crippen molar-refractivity contribution in [3.63, 3.8) is 0 Å². The summed E-state index contributed by atoms with van der Waals surface area (Å²) in [5.41, 5.74) is 4.23. The largest absolute Gasteiger partial charge is 0.462 e. The Morgan fingerprint density at radius 2 is 1.93 bits per heavy atom. The molecule has 1 unspecified atom stereocenters. The smallest absolute Gasteiger partial charge is 0.319 e. The topological polar surface area (TPSA) is 98.5 Å². The molecule has 0 bridgehead atoms. The molecule has 11 heteroatoms. The normalized spacial score (nSPS) is 18.7. The number of nitriles is 1. The Kier molecular flexibility index (Phi) is 9.34. The van der Waals surface area contributed by atoms with Crippen molar-refractivity contribution in [2.45, 2.75) is 51.1 Å². The number of carbonyl (C=O) groups excluding carboxylic acids is 1. The van der Waals surface area contributed by atoms with Gasteiger partial charge in [-0.25, -0.2) is 4.39 Å². The summed E-state index contributed by atoms with van der Waals surface area (Å²) in [5, 5.41) is 12.2. The number of likely N-dealkylation sites (tertiary alicyclic amines) is 1. The summed E-state index contributed by atoms with van der Waals surface area (Å²) in [7, 11) is 2.10. The van der Waals surface area contributed by atoms with Gasteiger partial charge in [0.05, 0.1) is 18.5 Å². The highest BCUT2D eigenvalue weighted by atomic mass is 35.5. The fourth-order valence-corrected chi connectivity index (χ4v) is 7.02. The van der Waals surface area contributed by atoms with Crippen molar-refractivity contribution in [2.75, 3.05) is 44.7 Å². The molecule has 2 aliphatic rings. The SMILES string of the molecule is C=C(F)C(=O)N1CCN(c2nc(OCC3CCCN3C)nc3c(CCC)c(-c4cccc5cccc(Cl)c45)cnc23)C[C@@H]1CC#N. The Labute approximate surface area is 273 Å². The number of likely N-dealkylation sites (N-methyl/N-ethyl adjacent to an activating group) is 1. The van der Waals surface area contributed by atoms with E-state index >= 15 is 0 Å². The minimum absolute atomic E-state index is 0.0381. The number of aryl methyl sites for hydroxylation is 1. The number of anilines is 1. The maximum Gasteiger partial charge on any atom is 0.319 e. The monoisotopic (exact) mass is 641 g/mol. The minimum atomic E-state index is -1.04. The zero-order chi connectivity index (χ0) is 32.4. The number of amides is 1. The third-order valence-electron chi connectivity index (χ3n) is 9.10. The molecular formula is C35H37ClFN7O2. The molecule has 238 valence electrons. The lowest BCUT2D eigenvalue weighted by Crippen LogP contribution is -2.55. The second-order valence-corrected chi connectivity index (χ2v) is 12.4. The van der Waals surface area contributed by atoms with E-state index < -0.39 is 17.8 Å². The van der Waals surface area contributed by atoms with Crippen LogP contribution in [0.3, 0.4) is 0 Å². The van der Waals surface area contributed by atoms with E-state index in [0.29, 0.717) is 35.0 Å². The van der Waals surface area contributed by atoms with Gasteiger partial charge in [0.25, 0.3) is 5.91 Å². The standard InChI is InChI=1S/C35H37ClFN7O2/c1-4-8-27-28(26-12-5-9-23-10-6-13-29(36)30(23)26)19-39-32-31(27)40-35(46-21-25-11-7-16-42(25)3)41-33(32)43-17-18-44(34(45)22(2)37)24(20-43)14-15-38/h5-6,9-10,12-13,19,24-25H,2,4,7-8,11,14,16-18,20-21H2,1,3H3/t24-,25?/m0/s1. The van der Waals surface area contributed by atoms with Gasteiger partial charge in [-0.05, 0) is 55.4 Å². The molecule has 2 atom stereocenters. The molecular weight excluding hydrogens is 605 g/mol. The molecule has 2 saturated heterocycles. The van der Waals surface area contributed by atoms with Gasteiger partial charge in [-0.15, -0.1) is 0 Å². The summed E-state index contributed by atoms with van der Waals surface area (Å²) < 4.78 is 20.2. The first-order valence-corrected chi connectivity index (χ1v) is 16.2. The van der Waals surface area contributed by atoms with Gasteiger partial charge in [0.1, 0.15) is 17.6 Å². The zero-order valence-electron chi connectivity index (χ0n) is 26.2. The van der Waals surface area contributed by atoms with Gasteiger partial charge in [0.2, 0.25) is 0 Å². The van der Waals surface area contributed by atoms with Crippen LogP contribution < -0.4 is 9.64 Å². The number of ether oxygens (including phenoxy) is 1. The lowest BCUT2D eigenvalue weighted by molar-refractivity contribution is -0.131. The lowest BCUT2D eigenvalue weighted by Gasteiger charge is -2.41. The highest BCUT2D eigenvalue weighted by molar-refractivity contribution is 6.36. The fraction of sp³-hybridized carbons (Fsp3) is 0.400. The Morgan fingerprint density at radius 3 is 2.65 bits per heavy atom. The fourth-order valence-electron chi connectivity index (χ4n) is 6.74. The van der Waals surface area contributed by atoms with Gasteiger partial charge in [-0.1, -0.05) is 61.9 Å². The molecule has 0 N–H and O–H groups in total. The number of fused-ring (bicyclic) bond motifs is 2. The number of nitrogens with zero attached hydrogens (tertiary/aromatic N) is 7. The average molecular weight is 642 g/mol. The molecule has 9 nitrogen and oxygen atoms in total. The number of hydrogen-bond donors (Lipinski definition) is 0. The van der Waals surface area contributed by atoms with Gasteiger partial charge in [-0.3, -0.25) is 9.78 Å². The van der Waals surface area contributed by atoms with Crippen molar-refractivity contribution in [3.05, 3.63) is 65.6 Å². The summed E-state index contributed by atoms with van der Waals surface area (Å²) in [5.74, 6) is -1.27. The van der Waals surface area contributed by atoms with Crippen molar-refractivity contribution < 1.29 is 13.9 Å². The molecule has 0 saturated carbocycles. The van der Waals surface area contributed by atoms with Crippen LogP contribution in [0.4, 0.5) is 10.2 Å². The van der Waals surface area contributed by atoms with Crippen LogP contribution in [-0.2, 0) is 11.2 Å². The van der Waals surface area contributed by atoms with Crippen LogP contribution in [-0.4, -0.2) is 82.6 Å². The number of halogens is 2. The van der Waals surface area contributed by atoms with E-state index in [1.807, 2.05) is 41.4 Å². The van der Waals surface area contributed by atoms with Gasteiger partial charge in [-0.2, -0.15) is 15.2 Å². The van der Waals surface area contributed by atoms with Crippen molar-refractivity contribution in [1.82, 2.24) is 24.8 Å². The van der Waals surface area contributed by atoms with E-state index in [4.69, 9.17) is 31.3 Å². The summed E-state index contributed by atoms with van der Waals surface area (Å²) in [6.45, 7) is 7.63. The number of hydrogen-bond acceptors (Lipinski definition) is 8. The Balaban J connectivity index is 1.50. The summed E-state index contributed by atoms with van der Waals surface area (Å²) in [4.78, 5) is 33.1. The molecule has 0 radical (unpaired) electrons. The number of rotatable bonds is 9. The van der Waals surface area contributed by atoms with E-state index in [2.05, 4.69) is 37.6 Å². The molecule has 2 fully saturated rings. The third kappa shape index (κ3) is 6.09. The van der Waals surface area contributed by atoms with Crippen molar-refractivity contribution in [2.24, 2.45) is 0 Å². The molecule has 4 heterocycles. The summed E-state index contributed by atoms with van der Waals surface area (Å²) in [6.07, 6.45) is 5.66. The average Bonchev–Trinajstić information content (AvgIpc) is 3.47. The van der Waals surface area contributed by atoms with Gasteiger partial charge >= 0.3 is 6.01 Å². The van der Waals surface area contributed by atoms with Crippen LogP contribution in [0.2, 0.25) is 5.02 Å². The van der Waals surface area contributed by atoms with Crippen molar-refractivity contribution in [1.29, 1.82) is 5.26 Å². The van der Waals surface area contributed by atoms with Gasteiger partial charge in [0, 0.05) is 47.8 Å². The molecule has 2 aromatic heterocycles. The Morgan fingerprint density at radius 1 is 1.13 bits per heavy atom. The van der Waals surface area contributed by atoms with E-state index in [9.17, 15) is 14.4 Å². The Bertz CT molecular complexity index is 1840. The van der Waals surface area contributed by atoms with Crippen LogP contribution in [0.5, 0.6) is 6.01 Å². The molecule has 1 amide bonds. The summed E-state index contributed by atoms with van der Waals surface area (Å²) in [6, 6.07) is 14.1. The maximum atomic E-state index is 13.9. The quantitative estimate of drug-likeness (QED) is 0.195.